The Hall–Kier alpha value is -0.420. The van der Waals surface area contributed by atoms with Gasteiger partial charge in [-0.1, -0.05) is 11.6 Å². The van der Waals surface area contributed by atoms with Crippen LogP contribution in [0.15, 0.2) is 12.1 Å². The summed E-state index contributed by atoms with van der Waals surface area (Å²) in [7, 11) is 0. The molecule has 0 spiro atoms. The number of rotatable bonds is 4. The summed E-state index contributed by atoms with van der Waals surface area (Å²) < 4.78 is 0.748. The SMILES string of the molecule is CC(C)(C(=O)Cc1ccc(Cl)s1)N1CCNCC1. The number of ketones is 1. The van der Waals surface area contributed by atoms with E-state index in [1.807, 2.05) is 26.0 Å². The molecule has 0 atom stereocenters. The van der Waals surface area contributed by atoms with Crippen molar-refractivity contribution in [1.29, 1.82) is 0 Å². The molecule has 0 aliphatic carbocycles. The second-order valence-electron chi connectivity index (χ2n) is 5.10. The number of carbonyl (C=O) groups is 1. The molecule has 3 nitrogen and oxygen atoms in total. The van der Waals surface area contributed by atoms with Gasteiger partial charge in [-0.3, -0.25) is 9.69 Å². The highest BCUT2D eigenvalue weighted by Crippen LogP contribution is 2.25. The molecule has 5 heteroatoms. The average molecular weight is 287 g/mol. The fourth-order valence-electron chi connectivity index (χ4n) is 2.22. The van der Waals surface area contributed by atoms with Gasteiger partial charge >= 0.3 is 0 Å². The zero-order chi connectivity index (χ0) is 13.2. The molecule has 0 bridgehead atoms. The normalized spacial score (nSPS) is 17.9. The molecule has 1 aliphatic rings. The van der Waals surface area contributed by atoms with E-state index in [0.29, 0.717) is 6.42 Å². The third-order valence-electron chi connectivity index (χ3n) is 3.55. The lowest BCUT2D eigenvalue weighted by atomic mass is 9.93. The fourth-order valence-corrected chi connectivity index (χ4v) is 3.31. The topological polar surface area (TPSA) is 32.3 Å². The lowest BCUT2D eigenvalue weighted by molar-refractivity contribution is -0.129. The lowest BCUT2D eigenvalue weighted by Gasteiger charge is -2.40. The summed E-state index contributed by atoms with van der Waals surface area (Å²) in [5.74, 6) is 0.267. The molecule has 18 heavy (non-hydrogen) atoms. The fraction of sp³-hybridized carbons (Fsp3) is 0.615. The number of carbonyl (C=O) groups excluding carboxylic acids is 1. The standard InChI is InChI=1S/C13H19ClN2OS/c1-13(2,16-7-5-15-6-8-16)11(17)9-10-3-4-12(14)18-10/h3-4,15H,5-9H2,1-2H3. The van der Waals surface area contributed by atoms with E-state index in [9.17, 15) is 4.79 Å². The first kappa shape index (κ1) is 14.0. The van der Waals surface area contributed by atoms with Crippen LogP contribution in [0.1, 0.15) is 18.7 Å². The maximum absolute atomic E-state index is 12.4. The molecular formula is C13H19ClN2OS. The summed E-state index contributed by atoms with van der Waals surface area (Å²) in [5.41, 5.74) is -0.390. The van der Waals surface area contributed by atoms with Crippen molar-refractivity contribution in [1.82, 2.24) is 10.2 Å². The number of nitrogens with one attached hydrogen (secondary N) is 1. The zero-order valence-electron chi connectivity index (χ0n) is 10.8. The Morgan fingerprint density at radius 3 is 2.67 bits per heavy atom. The Bertz CT molecular complexity index is 424. The molecule has 0 aromatic carbocycles. The van der Waals surface area contributed by atoms with Crippen LogP contribution >= 0.6 is 22.9 Å². The predicted molar refractivity (Wildman–Crippen MR) is 76.6 cm³/mol. The van der Waals surface area contributed by atoms with Gasteiger partial charge in [0.25, 0.3) is 0 Å². The number of piperazine rings is 1. The highest BCUT2D eigenvalue weighted by atomic mass is 35.5. The Kier molecular flexibility index (Phi) is 4.43. The molecule has 0 radical (unpaired) electrons. The quantitative estimate of drug-likeness (QED) is 0.921. The predicted octanol–water partition coefficient (Wildman–Crippen LogP) is 2.20. The second kappa shape index (κ2) is 5.70. The third-order valence-corrected chi connectivity index (χ3v) is 4.78. The third kappa shape index (κ3) is 3.12. The van der Waals surface area contributed by atoms with Crippen molar-refractivity contribution in [2.75, 3.05) is 26.2 Å². The molecule has 0 amide bonds. The Morgan fingerprint density at radius 2 is 2.11 bits per heavy atom. The van der Waals surface area contributed by atoms with Gasteiger partial charge in [0.15, 0.2) is 5.78 Å². The maximum atomic E-state index is 12.4. The molecule has 1 N–H and O–H groups in total. The molecule has 1 aliphatic heterocycles. The van der Waals surface area contributed by atoms with Gasteiger partial charge in [-0.05, 0) is 26.0 Å². The zero-order valence-corrected chi connectivity index (χ0v) is 12.4. The van der Waals surface area contributed by atoms with Crippen molar-refractivity contribution in [3.63, 3.8) is 0 Å². The minimum atomic E-state index is -0.390. The number of Topliss-reactive ketones (excluding diaryl/α,β-unsaturated/α-hetero) is 1. The molecule has 100 valence electrons. The van der Waals surface area contributed by atoms with Crippen LogP contribution in [0.2, 0.25) is 4.34 Å². The van der Waals surface area contributed by atoms with Crippen LogP contribution < -0.4 is 5.32 Å². The van der Waals surface area contributed by atoms with E-state index in [0.717, 1.165) is 35.4 Å². The Labute approximate surface area is 117 Å². The summed E-state index contributed by atoms with van der Waals surface area (Å²) in [6, 6.07) is 3.80. The van der Waals surface area contributed by atoms with Crippen LogP contribution in [0.4, 0.5) is 0 Å². The van der Waals surface area contributed by atoms with Gasteiger partial charge in [-0.25, -0.2) is 0 Å². The number of hydrogen-bond donors (Lipinski definition) is 1. The van der Waals surface area contributed by atoms with Crippen LogP contribution in [0.5, 0.6) is 0 Å². The number of nitrogens with zero attached hydrogens (tertiary/aromatic N) is 1. The number of halogens is 1. The van der Waals surface area contributed by atoms with E-state index in [4.69, 9.17) is 11.6 Å². The molecule has 1 fully saturated rings. The summed E-state index contributed by atoms with van der Waals surface area (Å²) in [4.78, 5) is 15.8. The Balaban J connectivity index is 2.02. The summed E-state index contributed by atoms with van der Waals surface area (Å²) in [5, 5.41) is 3.31. The van der Waals surface area contributed by atoms with Gasteiger partial charge < -0.3 is 5.32 Å². The molecule has 1 saturated heterocycles. The first-order chi connectivity index (χ1) is 8.50. The van der Waals surface area contributed by atoms with E-state index in [1.165, 1.54) is 11.3 Å². The summed E-state index contributed by atoms with van der Waals surface area (Å²) in [6.07, 6.45) is 0.480. The van der Waals surface area contributed by atoms with Crippen LogP contribution in [0, 0.1) is 0 Å². The van der Waals surface area contributed by atoms with E-state index >= 15 is 0 Å². The smallest absolute Gasteiger partial charge is 0.157 e. The monoisotopic (exact) mass is 286 g/mol. The van der Waals surface area contributed by atoms with E-state index < -0.39 is 5.54 Å². The van der Waals surface area contributed by atoms with Crippen molar-refractivity contribution in [2.45, 2.75) is 25.8 Å². The van der Waals surface area contributed by atoms with Crippen molar-refractivity contribution in [3.8, 4) is 0 Å². The van der Waals surface area contributed by atoms with Crippen molar-refractivity contribution in [2.24, 2.45) is 0 Å². The van der Waals surface area contributed by atoms with Gasteiger partial charge in [-0.2, -0.15) is 0 Å². The van der Waals surface area contributed by atoms with Crippen molar-refractivity contribution >= 4 is 28.7 Å². The van der Waals surface area contributed by atoms with Gasteiger partial charge in [0.05, 0.1) is 9.88 Å². The minimum Gasteiger partial charge on any atom is -0.314 e. The summed E-state index contributed by atoms with van der Waals surface area (Å²) >= 11 is 7.39. The minimum absolute atomic E-state index is 0.267. The average Bonchev–Trinajstić information content (AvgIpc) is 2.76. The number of thiophene rings is 1. The molecule has 2 rings (SSSR count). The van der Waals surface area contributed by atoms with Crippen LogP contribution in [-0.4, -0.2) is 42.4 Å². The van der Waals surface area contributed by atoms with E-state index in [1.54, 1.807) is 0 Å². The van der Waals surface area contributed by atoms with Crippen molar-refractivity contribution in [3.05, 3.63) is 21.3 Å². The van der Waals surface area contributed by atoms with E-state index in [-0.39, 0.29) is 5.78 Å². The highest BCUT2D eigenvalue weighted by Gasteiger charge is 2.34. The number of hydrogen-bond acceptors (Lipinski definition) is 4. The second-order valence-corrected chi connectivity index (χ2v) is 6.90. The first-order valence-electron chi connectivity index (χ1n) is 6.23. The van der Waals surface area contributed by atoms with Gasteiger partial charge in [0.2, 0.25) is 0 Å². The molecule has 1 aromatic heterocycles. The first-order valence-corrected chi connectivity index (χ1v) is 7.43. The molecule has 0 unspecified atom stereocenters. The van der Waals surface area contributed by atoms with Crippen LogP contribution in [0.3, 0.4) is 0 Å². The van der Waals surface area contributed by atoms with Gasteiger partial charge in [-0.15, -0.1) is 11.3 Å². The van der Waals surface area contributed by atoms with Crippen LogP contribution in [-0.2, 0) is 11.2 Å². The lowest BCUT2D eigenvalue weighted by Crippen LogP contribution is -2.57. The highest BCUT2D eigenvalue weighted by molar-refractivity contribution is 7.16. The molecular weight excluding hydrogens is 268 g/mol. The van der Waals surface area contributed by atoms with Gasteiger partial charge in [0.1, 0.15) is 0 Å². The maximum Gasteiger partial charge on any atom is 0.157 e. The molecule has 2 heterocycles. The van der Waals surface area contributed by atoms with E-state index in [2.05, 4.69) is 10.2 Å². The largest absolute Gasteiger partial charge is 0.314 e. The van der Waals surface area contributed by atoms with Gasteiger partial charge in [0, 0.05) is 37.5 Å². The molecule has 1 aromatic rings. The molecule has 0 saturated carbocycles. The van der Waals surface area contributed by atoms with Crippen molar-refractivity contribution < 1.29 is 4.79 Å². The summed E-state index contributed by atoms with van der Waals surface area (Å²) in [6.45, 7) is 7.84. The van der Waals surface area contributed by atoms with Crippen LogP contribution in [0.25, 0.3) is 0 Å². The Morgan fingerprint density at radius 1 is 1.44 bits per heavy atom.